The van der Waals surface area contributed by atoms with Gasteiger partial charge < -0.3 is 19.4 Å². The van der Waals surface area contributed by atoms with Gasteiger partial charge in [-0.25, -0.2) is 0 Å². The molecule has 2 aliphatic rings. The maximum absolute atomic E-state index is 13.9. The van der Waals surface area contributed by atoms with Gasteiger partial charge >= 0.3 is 0 Å². The first-order valence-corrected chi connectivity index (χ1v) is 11.8. The standard InChI is InChI=1S/C28H27N3O3/c1-17-10-11-21(18-6-5-7-20(13-18)33-2)23(12-17)27(32)31-16-19-14-22(19)25(31)15-29-28-30-24-8-3-4-9-26(24)34-28/h3-13,19,22,25H,14-16H2,1-2H3,(H,29,30)/t19-,22?,25-/m1/s1. The van der Waals surface area contributed by atoms with E-state index in [1.165, 1.54) is 6.42 Å². The molecule has 1 aromatic heterocycles. The van der Waals surface area contributed by atoms with E-state index in [0.29, 0.717) is 24.4 Å². The van der Waals surface area contributed by atoms with Crippen LogP contribution in [0.15, 0.2) is 71.1 Å². The second kappa shape index (κ2) is 8.20. The van der Waals surface area contributed by atoms with Crippen LogP contribution in [0.25, 0.3) is 22.2 Å². The van der Waals surface area contributed by atoms with Crippen molar-refractivity contribution in [3.05, 3.63) is 77.9 Å². The number of aromatic nitrogens is 1. The quantitative estimate of drug-likeness (QED) is 0.424. The number of carbonyl (C=O) groups is 1. The summed E-state index contributed by atoms with van der Waals surface area (Å²) in [6.07, 6.45) is 1.18. The van der Waals surface area contributed by atoms with Crippen LogP contribution in [0.5, 0.6) is 5.75 Å². The molecule has 1 unspecified atom stereocenters. The molecule has 1 N–H and O–H groups in total. The summed E-state index contributed by atoms with van der Waals surface area (Å²) in [5.41, 5.74) is 5.31. The van der Waals surface area contributed by atoms with Crippen LogP contribution in [0.1, 0.15) is 22.3 Å². The Labute approximate surface area is 198 Å². The van der Waals surface area contributed by atoms with Gasteiger partial charge in [-0.3, -0.25) is 4.79 Å². The molecule has 6 heteroatoms. The number of hydrogen-bond acceptors (Lipinski definition) is 5. The van der Waals surface area contributed by atoms with Crippen molar-refractivity contribution in [1.82, 2.24) is 9.88 Å². The highest BCUT2D eigenvalue weighted by atomic mass is 16.5. The molecule has 1 amide bonds. The minimum Gasteiger partial charge on any atom is -0.497 e. The first-order chi connectivity index (χ1) is 16.6. The van der Waals surface area contributed by atoms with E-state index in [-0.39, 0.29) is 11.9 Å². The Morgan fingerprint density at radius 3 is 2.88 bits per heavy atom. The van der Waals surface area contributed by atoms with Crippen LogP contribution in [0, 0.1) is 18.8 Å². The molecule has 3 atom stereocenters. The number of rotatable bonds is 6. The van der Waals surface area contributed by atoms with Crippen molar-refractivity contribution in [2.75, 3.05) is 25.5 Å². The second-order valence-electron chi connectivity index (χ2n) is 9.33. The fourth-order valence-electron chi connectivity index (χ4n) is 5.24. The average Bonchev–Trinajstić information content (AvgIpc) is 3.35. The van der Waals surface area contributed by atoms with E-state index in [2.05, 4.69) is 16.4 Å². The number of methoxy groups -OCH3 is 1. The zero-order chi connectivity index (χ0) is 23.2. The van der Waals surface area contributed by atoms with E-state index in [0.717, 1.165) is 45.6 Å². The number of fused-ring (bicyclic) bond motifs is 2. The van der Waals surface area contributed by atoms with Crippen molar-refractivity contribution >= 4 is 23.0 Å². The van der Waals surface area contributed by atoms with Crippen LogP contribution in [-0.4, -0.2) is 42.0 Å². The van der Waals surface area contributed by atoms with Crippen molar-refractivity contribution < 1.29 is 13.9 Å². The summed E-state index contributed by atoms with van der Waals surface area (Å²) < 4.78 is 11.2. The van der Waals surface area contributed by atoms with E-state index in [1.54, 1.807) is 7.11 Å². The fraction of sp³-hybridized carbons (Fsp3) is 0.286. The SMILES string of the molecule is COc1cccc(-c2ccc(C)cc2C(=O)N2C[C@H]3CC3[C@H]2CNc2nc3ccccc3o2)c1. The van der Waals surface area contributed by atoms with Crippen molar-refractivity contribution in [3.8, 4) is 16.9 Å². The summed E-state index contributed by atoms with van der Waals surface area (Å²) in [5.74, 6) is 1.98. The Kier molecular flexibility index (Phi) is 5.01. The minimum absolute atomic E-state index is 0.0816. The van der Waals surface area contributed by atoms with Gasteiger partial charge in [-0.15, -0.1) is 0 Å². The molecule has 172 valence electrons. The molecule has 4 aromatic rings. The predicted molar refractivity (Wildman–Crippen MR) is 132 cm³/mol. The molecule has 1 saturated heterocycles. The van der Waals surface area contributed by atoms with Crippen molar-refractivity contribution in [2.45, 2.75) is 19.4 Å². The number of benzene rings is 3. The molecular formula is C28H27N3O3. The van der Waals surface area contributed by atoms with Crippen LogP contribution in [0.3, 0.4) is 0 Å². The van der Waals surface area contributed by atoms with Gasteiger partial charge in [0.1, 0.15) is 11.3 Å². The molecule has 6 nitrogen and oxygen atoms in total. The number of carbonyl (C=O) groups excluding carboxylic acids is 1. The van der Waals surface area contributed by atoms with Crippen molar-refractivity contribution in [1.29, 1.82) is 0 Å². The zero-order valence-corrected chi connectivity index (χ0v) is 19.3. The van der Waals surface area contributed by atoms with E-state index in [9.17, 15) is 4.79 Å². The van der Waals surface area contributed by atoms with Crippen LogP contribution < -0.4 is 10.1 Å². The van der Waals surface area contributed by atoms with Gasteiger partial charge in [0.05, 0.1) is 13.2 Å². The van der Waals surface area contributed by atoms with Gasteiger partial charge in [0.2, 0.25) is 0 Å². The van der Waals surface area contributed by atoms with Gasteiger partial charge in [0, 0.05) is 18.7 Å². The molecule has 0 spiro atoms. The van der Waals surface area contributed by atoms with E-state index < -0.39 is 0 Å². The number of anilines is 1. The Morgan fingerprint density at radius 1 is 1.15 bits per heavy atom. The van der Waals surface area contributed by atoms with Crippen LogP contribution in [0.4, 0.5) is 6.01 Å². The molecular weight excluding hydrogens is 426 g/mol. The highest BCUT2D eigenvalue weighted by molar-refractivity contribution is 6.01. The lowest BCUT2D eigenvalue weighted by Gasteiger charge is -2.28. The number of piperidine rings is 1. The Morgan fingerprint density at radius 2 is 2.03 bits per heavy atom. The number of para-hydroxylation sites is 2. The fourth-order valence-corrected chi connectivity index (χ4v) is 5.24. The first kappa shape index (κ1) is 20.8. The number of oxazole rings is 1. The predicted octanol–water partition coefficient (Wildman–Crippen LogP) is 5.38. The summed E-state index contributed by atoms with van der Waals surface area (Å²) in [6.45, 7) is 3.45. The van der Waals surface area contributed by atoms with Crippen LogP contribution in [0.2, 0.25) is 0 Å². The summed E-state index contributed by atoms with van der Waals surface area (Å²) in [4.78, 5) is 20.5. The number of nitrogens with one attached hydrogen (secondary N) is 1. The average molecular weight is 454 g/mol. The highest BCUT2D eigenvalue weighted by Crippen LogP contribution is 2.50. The topological polar surface area (TPSA) is 67.6 Å². The molecule has 1 aliphatic carbocycles. The van der Waals surface area contributed by atoms with Gasteiger partial charge in [-0.2, -0.15) is 4.98 Å². The molecule has 2 heterocycles. The zero-order valence-electron chi connectivity index (χ0n) is 19.3. The minimum atomic E-state index is 0.0816. The number of amides is 1. The maximum Gasteiger partial charge on any atom is 0.295 e. The molecule has 0 bridgehead atoms. The van der Waals surface area contributed by atoms with E-state index in [1.807, 2.05) is 72.5 Å². The van der Waals surface area contributed by atoms with Crippen LogP contribution in [-0.2, 0) is 0 Å². The summed E-state index contributed by atoms with van der Waals surface area (Å²) in [5, 5.41) is 3.35. The Balaban J connectivity index is 1.27. The lowest BCUT2D eigenvalue weighted by Crippen LogP contribution is -2.42. The summed E-state index contributed by atoms with van der Waals surface area (Å²) >= 11 is 0. The number of likely N-dealkylation sites (tertiary alicyclic amines) is 1. The number of nitrogens with zero attached hydrogens (tertiary/aromatic N) is 2. The molecule has 1 aliphatic heterocycles. The van der Waals surface area contributed by atoms with Crippen molar-refractivity contribution in [3.63, 3.8) is 0 Å². The molecule has 6 rings (SSSR count). The number of ether oxygens (including phenoxy) is 1. The molecule has 1 saturated carbocycles. The highest BCUT2D eigenvalue weighted by Gasteiger charge is 2.54. The molecule has 2 fully saturated rings. The second-order valence-corrected chi connectivity index (χ2v) is 9.33. The number of aryl methyl sites for hydroxylation is 1. The van der Waals surface area contributed by atoms with Gasteiger partial charge in [0.25, 0.3) is 11.9 Å². The Hall–Kier alpha value is -3.80. The lowest BCUT2D eigenvalue weighted by atomic mass is 9.96. The number of hydrogen-bond donors (Lipinski definition) is 1. The third-order valence-corrected chi connectivity index (χ3v) is 7.11. The van der Waals surface area contributed by atoms with Crippen LogP contribution >= 0.6 is 0 Å². The third kappa shape index (κ3) is 3.69. The summed E-state index contributed by atoms with van der Waals surface area (Å²) in [6, 6.07) is 22.3. The normalized spacial score (nSPS) is 20.9. The molecule has 0 radical (unpaired) electrons. The first-order valence-electron chi connectivity index (χ1n) is 11.8. The molecule has 34 heavy (non-hydrogen) atoms. The summed E-state index contributed by atoms with van der Waals surface area (Å²) in [7, 11) is 1.66. The van der Waals surface area contributed by atoms with Crippen molar-refractivity contribution in [2.24, 2.45) is 11.8 Å². The van der Waals surface area contributed by atoms with E-state index >= 15 is 0 Å². The maximum atomic E-state index is 13.9. The monoisotopic (exact) mass is 453 g/mol. The van der Waals surface area contributed by atoms with Gasteiger partial charge in [-0.1, -0.05) is 42.0 Å². The smallest absolute Gasteiger partial charge is 0.295 e. The third-order valence-electron chi connectivity index (χ3n) is 7.11. The largest absolute Gasteiger partial charge is 0.497 e. The molecule has 3 aromatic carbocycles. The lowest BCUT2D eigenvalue weighted by molar-refractivity contribution is 0.0715. The van der Waals surface area contributed by atoms with Gasteiger partial charge in [-0.05, 0) is 66.6 Å². The Bertz CT molecular complexity index is 1350. The van der Waals surface area contributed by atoms with E-state index in [4.69, 9.17) is 9.15 Å². The van der Waals surface area contributed by atoms with Gasteiger partial charge in [0.15, 0.2) is 5.58 Å².